The van der Waals surface area contributed by atoms with Crippen LogP contribution in [0.1, 0.15) is 29.3 Å². The number of rotatable bonds is 4. The summed E-state index contributed by atoms with van der Waals surface area (Å²) in [5, 5.41) is 0. The molecule has 0 fully saturated rings. The molecule has 2 nitrogen and oxygen atoms in total. The number of aryl methyl sites for hydroxylation is 1. The van der Waals surface area contributed by atoms with Crippen molar-refractivity contribution in [3.05, 3.63) is 47.3 Å². The summed E-state index contributed by atoms with van der Waals surface area (Å²) in [5.41, 5.74) is 0.862. The minimum Gasteiger partial charge on any atom is -0.465 e. The molecule has 0 aliphatic carbocycles. The van der Waals surface area contributed by atoms with Gasteiger partial charge in [-0.25, -0.2) is 9.18 Å². The van der Waals surface area contributed by atoms with Crippen LogP contribution in [0.4, 0.5) is 4.39 Å². The number of halogens is 1. The van der Waals surface area contributed by atoms with Crippen LogP contribution in [0.15, 0.2) is 30.4 Å². The summed E-state index contributed by atoms with van der Waals surface area (Å²) < 4.78 is 18.1. The van der Waals surface area contributed by atoms with Gasteiger partial charge >= 0.3 is 5.97 Å². The number of ether oxygens (including phenoxy) is 1. The van der Waals surface area contributed by atoms with E-state index in [1.54, 1.807) is 12.1 Å². The summed E-state index contributed by atoms with van der Waals surface area (Å²) >= 11 is 0. The van der Waals surface area contributed by atoms with E-state index in [1.807, 2.05) is 19.1 Å². The van der Waals surface area contributed by atoms with Crippen molar-refractivity contribution in [3.8, 4) is 0 Å². The monoisotopic (exact) mass is 222 g/mol. The normalized spacial score (nSPS) is 10.7. The number of carbonyl (C=O) groups is 1. The molecule has 0 unspecified atom stereocenters. The number of allylic oxidation sites excluding steroid dienone is 2. The zero-order valence-electron chi connectivity index (χ0n) is 9.50. The standard InChI is InChI=1S/C13H15FO2/c1-3-4-5-6-10-7-8-11(9-12(10)14)13(15)16-2/h3-4,7-9H,5-6H2,1-2H3/b4-3+. The predicted octanol–water partition coefficient (Wildman–Crippen LogP) is 3.12. The lowest BCUT2D eigenvalue weighted by atomic mass is 10.1. The third-order valence-corrected chi connectivity index (χ3v) is 2.29. The topological polar surface area (TPSA) is 26.3 Å². The molecule has 0 atom stereocenters. The second-order valence-corrected chi connectivity index (χ2v) is 3.41. The molecule has 3 heteroatoms. The van der Waals surface area contributed by atoms with Crippen molar-refractivity contribution in [2.24, 2.45) is 0 Å². The van der Waals surface area contributed by atoms with Crippen molar-refractivity contribution in [2.75, 3.05) is 7.11 Å². The van der Waals surface area contributed by atoms with E-state index in [0.29, 0.717) is 12.0 Å². The summed E-state index contributed by atoms with van der Waals surface area (Å²) in [6.45, 7) is 1.93. The van der Waals surface area contributed by atoms with Crippen molar-refractivity contribution in [1.29, 1.82) is 0 Å². The second-order valence-electron chi connectivity index (χ2n) is 3.41. The Labute approximate surface area is 94.7 Å². The first-order valence-electron chi connectivity index (χ1n) is 5.17. The van der Waals surface area contributed by atoms with Crippen LogP contribution in [0.25, 0.3) is 0 Å². The average molecular weight is 222 g/mol. The van der Waals surface area contributed by atoms with Gasteiger partial charge in [-0.05, 0) is 37.5 Å². The van der Waals surface area contributed by atoms with Crippen LogP contribution in [0, 0.1) is 5.82 Å². The molecule has 0 amide bonds. The van der Waals surface area contributed by atoms with Gasteiger partial charge in [-0.2, -0.15) is 0 Å². The van der Waals surface area contributed by atoms with Crippen molar-refractivity contribution < 1.29 is 13.9 Å². The van der Waals surface area contributed by atoms with Gasteiger partial charge in [0.25, 0.3) is 0 Å². The fraction of sp³-hybridized carbons (Fsp3) is 0.308. The molecular formula is C13H15FO2. The molecule has 0 aliphatic heterocycles. The average Bonchev–Trinajstić information content (AvgIpc) is 2.30. The SMILES string of the molecule is C/C=C/CCc1ccc(C(=O)OC)cc1F. The van der Waals surface area contributed by atoms with Gasteiger partial charge in [0.15, 0.2) is 0 Å². The highest BCUT2D eigenvalue weighted by Gasteiger charge is 2.08. The number of benzene rings is 1. The smallest absolute Gasteiger partial charge is 0.337 e. The Hall–Kier alpha value is -1.64. The maximum atomic E-state index is 13.5. The summed E-state index contributed by atoms with van der Waals surface area (Å²) in [5.74, 6) is -0.869. The molecular weight excluding hydrogens is 207 g/mol. The Morgan fingerprint density at radius 3 is 2.81 bits per heavy atom. The lowest BCUT2D eigenvalue weighted by Crippen LogP contribution is -2.02. The van der Waals surface area contributed by atoms with E-state index in [1.165, 1.54) is 13.2 Å². The number of esters is 1. The van der Waals surface area contributed by atoms with E-state index in [2.05, 4.69) is 4.74 Å². The molecule has 86 valence electrons. The van der Waals surface area contributed by atoms with Crippen molar-refractivity contribution in [2.45, 2.75) is 19.8 Å². The number of hydrogen-bond donors (Lipinski definition) is 0. The number of methoxy groups -OCH3 is 1. The summed E-state index contributed by atoms with van der Waals surface area (Å²) in [4.78, 5) is 11.1. The zero-order valence-corrected chi connectivity index (χ0v) is 9.50. The third kappa shape index (κ3) is 3.19. The van der Waals surface area contributed by atoms with Crippen LogP contribution in [-0.4, -0.2) is 13.1 Å². The third-order valence-electron chi connectivity index (χ3n) is 2.29. The molecule has 0 N–H and O–H groups in total. The van der Waals surface area contributed by atoms with E-state index in [0.717, 1.165) is 6.42 Å². The molecule has 1 aromatic rings. The summed E-state index contributed by atoms with van der Waals surface area (Å²) in [6.07, 6.45) is 5.34. The van der Waals surface area contributed by atoms with E-state index in [-0.39, 0.29) is 11.4 Å². The first kappa shape index (κ1) is 12.4. The fourth-order valence-electron chi connectivity index (χ4n) is 1.40. The number of carbonyl (C=O) groups excluding carboxylic acids is 1. The van der Waals surface area contributed by atoms with Crippen molar-refractivity contribution in [3.63, 3.8) is 0 Å². The van der Waals surface area contributed by atoms with Gasteiger partial charge in [0.2, 0.25) is 0 Å². The predicted molar refractivity (Wildman–Crippen MR) is 60.9 cm³/mol. The van der Waals surface area contributed by atoms with E-state index < -0.39 is 5.97 Å². The highest BCUT2D eigenvalue weighted by atomic mass is 19.1. The van der Waals surface area contributed by atoms with E-state index >= 15 is 0 Å². The molecule has 0 aromatic heterocycles. The van der Waals surface area contributed by atoms with Gasteiger partial charge in [-0.1, -0.05) is 18.2 Å². The van der Waals surface area contributed by atoms with Gasteiger partial charge in [-0.3, -0.25) is 0 Å². The first-order chi connectivity index (χ1) is 7.69. The quantitative estimate of drug-likeness (QED) is 0.578. The van der Waals surface area contributed by atoms with Gasteiger partial charge in [0.05, 0.1) is 12.7 Å². The minimum atomic E-state index is -0.515. The lowest BCUT2D eigenvalue weighted by molar-refractivity contribution is 0.0600. The molecule has 0 heterocycles. The Bertz CT molecular complexity index is 397. The highest BCUT2D eigenvalue weighted by molar-refractivity contribution is 5.89. The molecule has 1 aromatic carbocycles. The lowest BCUT2D eigenvalue weighted by Gasteiger charge is -2.03. The van der Waals surface area contributed by atoms with Gasteiger partial charge in [0.1, 0.15) is 5.82 Å². The van der Waals surface area contributed by atoms with Crippen LogP contribution >= 0.6 is 0 Å². The van der Waals surface area contributed by atoms with Crippen LogP contribution in [0.3, 0.4) is 0 Å². The van der Waals surface area contributed by atoms with Crippen molar-refractivity contribution in [1.82, 2.24) is 0 Å². The van der Waals surface area contributed by atoms with Gasteiger partial charge in [0, 0.05) is 0 Å². The van der Waals surface area contributed by atoms with E-state index in [9.17, 15) is 9.18 Å². The van der Waals surface area contributed by atoms with Crippen LogP contribution in [-0.2, 0) is 11.2 Å². The van der Waals surface area contributed by atoms with Crippen molar-refractivity contribution >= 4 is 5.97 Å². The molecule has 0 radical (unpaired) electrons. The molecule has 16 heavy (non-hydrogen) atoms. The molecule has 0 aliphatic rings. The number of hydrogen-bond acceptors (Lipinski definition) is 2. The van der Waals surface area contributed by atoms with Crippen LogP contribution in [0.5, 0.6) is 0 Å². The highest BCUT2D eigenvalue weighted by Crippen LogP contribution is 2.13. The van der Waals surface area contributed by atoms with Crippen LogP contribution < -0.4 is 0 Å². The molecule has 0 spiro atoms. The molecule has 0 saturated heterocycles. The van der Waals surface area contributed by atoms with Crippen LogP contribution in [0.2, 0.25) is 0 Å². The summed E-state index contributed by atoms with van der Waals surface area (Å²) in [7, 11) is 1.28. The maximum absolute atomic E-state index is 13.5. The second kappa shape index (κ2) is 6.05. The minimum absolute atomic E-state index is 0.245. The molecule has 1 rings (SSSR count). The largest absolute Gasteiger partial charge is 0.465 e. The van der Waals surface area contributed by atoms with E-state index in [4.69, 9.17) is 0 Å². The van der Waals surface area contributed by atoms with Gasteiger partial charge in [-0.15, -0.1) is 0 Å². The Morgan fingerprint density at radius 2 is 2.25 bits per heavy atom. The Balaban J connectivity index is 2.79. The first-order valence-corrected chi connectivity index (χ1v) is 5.17. The summed E-state index contributed by atoms with van der Waals surface area (Å²) in [6, 6.07) is 4.43. The molecule has 0 bridgehead atoms. The maximum Gasteiger partial charge on any atom is 0.337 e. The Kier molecular flexibility index (Phi) is 4.70. The van der Waals surface area contributed by atoms with Gasteiger partial charge < -0.3 is 4.74 Å². The molecule has 0 saturated carbocycles. The fourth-order valence-corrected chi connectivity index (χ4v) is 1.40. The zero-order chi connectivity index (χ0) is 12.0. The Morgan fingerprint density at radius 1 is 1.50 bits per heavy atom.